The molecule has 2 aromatic carbocycles. The van der Waals surface area contributed by atoms with E-state index in [1.807, 2.05) is 24.3 Å². The van der Waals surface area contributed by atoms with E-state index in [9.17, 15) is 21.0 Å². The van der Waals surface area contributed by atoms with Gasteiger partial charge in [0, 0.05) is 10.8 Å². The Bertz CT molecular complexity index is 836. The number of rotatable bonds is 0. The van der Waals surface area contributed by atoms with Crippen LogP contribution in [0.25, 0.3) is 10.8 Å². The molecule has 6 heteroatoms. The summed E-state index contributed by atoms with van der Waals surface area (Å²) in [6, 6.07) is 10.2. The van der Waals surface area contributed by atoms with Crippen molar-refractivity contribution in [1.29, 1.82) is 21.0 Å². The van der Waals surface area contributed by atoms with Gasteiger partial charge in [0.2, 0.25) is 0 Å². The molecule has 0 fully saturated rings. The molecule has 0 aliphatic heterocycles. The monoisotopic (exact) mass is 258 g/mol. The molecular weight excluding hydrogens is 252 g/mol. The smallest absolute Gasteiger partial charge is 0.102 e. The first-order chi connectivity index (χ1) is 9.58. The number of nitrogen functional groups attached to an aromatic ring is 2. The topological polar surface area (TPSA) is 147 Å². The molecule has 6 nitrogen and oxygen atoms in total. The summed E-state index contributed by atoms with van der Waals surface area (Å²) in [4.78, 5) is 0. The van der Waals surface area contributed by atoms with Crippen LogP contribution in [0, 0.1) is 45.3 Å². The highest BCUT2D eigenvalue weighted by atomic mass is 14.6. The fourth-order valence-corrected chi connectivity index (χ4v) is 2.09. The Kier molecular flexibility index (Phi) is 2.86. The van der Waals surface area contributed by atoms with Crippen LogP contribution in [0.4, 0.5) is 11.4 Å². The fourth-order valence-electron chi connectivity index (χ4n) is 2.09. The first-order valence-corrected chi connectivity index (χ1v) is 5.38. The van der Waals surface area contributed by atoms with Crippen molar-refractivity contribution in [3.05, 3.63) is 34.4 Å². The Hall–Kier alpha value is -3.74. The van der Waals surface area contributed by atoms with Crippen LogP contribution in [0.2, 0.25) is 0 Å². The second-order valence-electron chi connectivity index (χ2n) is 3.97. The summed E-state index contributed by atoms with van der Waals surface area (Å²) in [6.07, 6.45) is 0. The average Bonchev–Trinajstić information content (AvgIpc) is 2.45. The van der Waals surface area contributed by atoms with Crippen LogP contribution in [0.1, 0.15) is 22.3 Å². The zero-order valence-corrected chi connectivity index (χ0v) is 10.1. The predicted octanol–water partition coefficient (Wildman–Crippen LogP) is 1.49. The summed E-state index contributed by atoms with van der Waals surface area (Å²) >= 11 is 0. The Morgan fingerprint density at radius 2 is 1.00 bits per heavy atom. The molecule has 4 N–H and O–H groups in total. The van der Waals surface area contributed by atoms with E-state index in [1.165, 1.54) is 12.1 Å². The molecule has 2 rings (SSSR count). The third kappa shape index (κ3) is 1.55. The molecule has 0 aromatic heterocycles. The van der Waals surface area contributed by atoms with Crippen LogP contribution < -0.4 is 11.5 Å². The molecule has 0 aliphatic rings. The Balaban J connectivity index is 3.30. The van der Waals surface area contributed by atoms with Gasteiger partial charge in [0.15, 0.2) is 0 Å². The van der Waals surface area contributed by atoms with E-state index >= 15 is 0 Å². The fraction of sp³-hybridized carbons (Fsp3) is 0. The quantitative estimate of drug-likeness (QED) is 0.684. The second kappa shape index (κ2) is 4.50. The van der Waals surface area contributed by atoms with Crippen LogP contribution in [0.15, 0.2) is 12.1 Å². The summed E-state index contributed by atoms with van der Waals surface area (Å²) in [5.41, 5.74) is 12.0. The molecule has 0 amide bonds. The number of nitrogens with zero attached hydrogens (tertiary/aromatic N) is 4. The molecule has 0 radical (unpaired) electrons. The van der Waals surface area contributed by atoms with Gasteiger partial charge in [0.1, 0.15) is 12.1 Å². The molecule has 0 aliphatic carbocycles. The number of nitriles is 4. The lowest BCUT2D eigenvalue weighted by Crippen LogP contribution is -2.01. The van der Waals surface area contributed by atoms with E-state index in [0.29, 0.717) is 0 Å². The number of anilines is 2. The lowest BCUT2D eigenvalue weighted by molar-refractivity contribution is 1.45. The number of nitrogens with two attached hydrogens (primary N) is 2. The highest BCUT2D eigenvalue weighted by Gasteiger charge is 2.19. The molecular formula is C14H6N6. The van der Waals surface area contributed by atoms with Crippen LogP contribution in [-0.2, 0) is 0 Å². The molecule has 0 unspecified atom stereocenters. The van der Waals surface area contributed by atoms with Gasteiger partial charge in [-0.3, -0.25) is 0 Å². The zero-order chi connectivity index (χ0) is 14.9. The second-order valence-corrected chi connectivity index (χ2v) is 3.97. The lowest BCUT2D eigenvalue weighted by Gasteiger charge is -2.11. The van der Waals surface area contributed by atoms with Gasteiger partial charge in [-0.05, 0) is 12.1 Å². The van der Waals surface area contributed by atoms with Crippen molar-refractivity contribution >= 4 is 22.1 Å². The molecule has 0 spiro atoms. The van der Waals surface area contributed by atoms with Gasteiger partial charge in [-0.15, -0.1) is 0 Å². The van der Waals surface area contributed by atoms with Gasteiger partial charge >= 0.3 is 0 Å². The van der Waals surface area contributed by atoms with E-state index in [0.717, 1.165) is 0 Å². The van der Waals surface area contributed by atoms with Gasteiger partial charge in [-0.1, -0.05) is 0 Å². The van der Waals surface area contributed by atoms with Crippen molar-refractivity contribution in [2.24, 2.45) is 0 Å². The molecule has 0 saturated heterocycles. The van der Waals surface area contributed by atoms with Crippen molar-refractivity contribution in [2.75, 3.05) is 11.5 Å². The molecule has 0 bridgehead atoms. The summed E-state index contributed by atoms with van der Waals surface area (Å²) < 4.78 is 0. The third-order valence-corrected chi connectivity index (χ3v) is 2.93. The Labute approximate surface area is 114 Å². The zero-order valence-electron chi connectivity index (χ0n) is 10.1. The normalized spacial score (nSPS) is 9.20. The van der Waals surface area contributed by atoms with E-state index < -0.39 is 0 Å². The maximum absolute atomic E-state index is 9.20. The van der Waals surface area contributed by atoms with Gasteiger partial charge in [0.05, 0.1) is 45.8 Å². The minimum Gasteiger partial charge on any atom is -0.398 e. The van der Waals surface area contributed by atoms with Crippen LogP contribution >= 0.6 is 0 Å². The average molecular weight is 258 g/mol. The maximum atomic E-state index is 9.20. The van der Waals surface area contributed by atoms with Crippen LogP contribution in [0.5, 0.6) is 0 Å². The lowest BCUT2D eigenvalue weighted by atomic mass is 9.91. The largest absolute Gasteiger partial charge is 0.398 e. The van der Waals surface area contributed by atoms with Gasteiger partial charge < -0.3 is 11.5 Å². The summed E-state index contributed by atoms with van der Waals surface area (Å²) in [5.74, 6) is 0. The molecule has 20 heavy (non-hydrogen) atoms. The minimum absolute atomic E-state index is 0.0621. The standard InChI is InChI=1S/C14H6N6/c15-3-7-1-11(19)9(5-17)14-8(4-16)2-12(20)10(6-18)13(7)14/h1-2H,19-20H2. The Morgan fingerprint density at radius 1 is 0.650 bits per heavy atom. The van der Waals surface area contributed by atoms with Crippen molar-refractivity contribution in [2.45, 2.75) is 0 Å². The SMILES string of the molecule is N#Cc1cc(N)c(C#N)c2c(C#N)cc(N)c(C#N)c12. The van der Waals surface area contributed by atoms with Gasteiger partial charge in [-0.2, -0.15) is 21.0 Å². The minimum atomic E-state index is 0.0621. The van der Waals surface area contributed by atoms with E-state index in [4.69, 9.17) is 11.5 Å². The molecule has 92 valence electrons. The number of benzene rings is 2. The molecule has 2 aromatic rings. The summed E-state index contributed by atoms with van der Waals surface area (Å²) in [7, 11) is 0. The molecule has 0 heterocycles. The number of hydrogen-bond acceptors (Lipinski definition) is 6. The first-order valence-electron chi connectivity index (χ1n) is 5.38. The van der Waals surface area contributed by atoms with E-state index in [1.54, 1.807) is 0 Å². The van der Waals surface area contributed by atoms with E-state index in [-0.39, 0.29) is 44.4 Å². The van der Waals surface area contributed by atoms with Gasteiger partial charge in [-0.25, -0.2) is 0 Å². The summed E-state index contributed by atoms with van der Waals surface area (Å²) in [6.45, 7) is 0. The van der Waals surface area contributed by atoms with Crippen molar-refractivity contribution in [3.63, 3.8) is 0 Å². The molecule has 0 atom stereocenters. The van der Waals surface area contributed by atoms with Crippen molar-refractivity contribution in [1.82, 2.24) is 0 Å². The Morgan fingerprint density at radius 3 is 1.25 bits per heavy atom. The highest BCUT2D eigenvalue weighted by Crippen LogP contribution is 2.35. The highest BCUT2D eigenvalue weighted by molar-refractivity contribution is 6.05. The predicted molar refractivity (Wildman–Crippen MR) is 71.6 cm³/mol. The van der Waals surface area contributed by atoms with E-state index in [2.05, 4.69) is 0 Å². The van der Waals surface area contributed by atoms with Crippen molar-refractivity contribution in [3.8, 4) is 24.3 Å². The van der Waals surface area contributed by atoms with Gasteiger partial charge in [0.25, 0.3) is 0 Å². The third-order valence-electron chi connectivity index (χ3n) is 2.93. The maximum Gasteiger partial charge on any atom is 0.102 e. The van der Waals surface area contributed by atoms with Crippen molar-refractivity contribution < 1.29 is 0 Å². The number of fused-ring (bicyclic) bond motifs is 1. The van der Waals surface area contributed by atoms with Crippen LogP contribution in [0.3, 0.4) is 0 Å². The van der Waals surface area contributed by atoms with Crippen LogP contribution in [-0.4, -0.2) is 0 Å². The summed E-state index contributed by atoms with van der Waals surface area (Å²) in [5, 5.41) is 37.1. The number of hydrogen-bond donors (Lipinski definition) is 2. The first kappa shape index (κ1) is 12.7. The molecule has 0 saturated carbocycles.